The summed E-state index contributed by atoms with van der Waals surface area (Å²) in [6, 6.07) is 6.55. The van der Waals surface area contributed by atoms with E-state index in [1.165, 1.54) is 0 Å². The van der Waals surface area contributed by atoms with Gasteiger partial charge >= 0.3 is 5.97 Å². The molecule has 0 fully saturated rings. The van der Waals surface area contributed by atoms with Gasteiger partial charge in [0.05, 0.1) is 5.69 Å². The summed E-state index contributed by atoms with van der Waals surface area (Å²) in [4.78, 5) is 10.8. The van der Waals surface area contributed by atoms with Gasteiger partial charge in [-0.1, -0.05) is 22.9 Å². The highest BCUT2D eigenvalue weighted by atomic mass is 32.3. The molecule has 1 aliphatic rings. The monoisotopic (exact) mass is 242 g/mol. The lowest BCUT2D eigenvalue weighted by Crippen LogP contribution is -2.22. The second-order valence-electron chi connectivity index (χ2n) is 3.25. The van der Waals surface area contributed by atoms with Crippen LogP contribution in [0.5, 0.6) is 0 Å². The number of nitrogens with zero attached hydrogens (tertiary/aromatic N) is 1. The number of amidine groups is 1. The summed E-state index contributed by atoms with van der Waals surface area (Å²) in [5.41, 5.74) is 0.480. The molecule has 4 N–H and O–H groups in total. The smallest absolute Gasteiger partial charge is 0.311 e. The first-order chi connectivity index (χ1) is 7.49. The molecule has 7 heteroatoms. The Labute approximate surface area is 93.1 Å². The maximum atomic E-state index is 10.5. The van der Waals surface area contributed by atoms with Crippen LogP contribution in [0.2, 0.25) is 0 Å². The minimum Gasteiger partial charge on any atom is -0.481 e. The summed E-state index contributed by atoms with van der Waals surface area (Å²) in [5.74, 6) is -1.04. The average Bonchev–Trinajstić information content (AvgIpc) is 2.15. The number of para-hydroxylation sites is 1. The van der Waals surface area contributed by atoms with E-state index in [4.69, 9.17) is 5.11 Å². The van der Waals surface area contributed by atoms with Crippen LogP contribution in [0.25, 0.3) is 0 Å². The van der Waals surface area contributed by atoms with Crippen LogP contribution >= 0.6 is 10.8 Å². The van der Waals surface area contributed by atoms with E-state index in [2.05, 4.69) is 9.71 Å². The summed E-state index contributed by atoms with van der Waals surface area (Å²) >= 11 is 0. The van der Waals surface area contributed by atoms with E-state index in [1.54, 1.807) is 24.3 Å². The second kappa shape index (κ2) is 3.78. The Morgan fingerprint density at radius 3 is 2.75 bits per heavy atom. The number of hydrogen-bond donors (Lipinski definition) is 4. The Morgan fingerprint density at radius 1 is 1.38 bits per heavy atom. The van der Waals surface area contributed by atoms with Gasteiger partial charge in [-0.25, -0.2) is 0 Å². The number of anilines is 1. The molecule has 0 bridgehead atoms. The van der Waals surface area contributed by atoms with Crippen LogP contribution in [-0.2, 0) is 4.79 Å². The van der Waals surface area contributed by atoms with E-state index in [-0.39, 0.29) is 17.2 Å². The van der Waals surface area contributed by atoms with E-state index in [1.807, 2.05) is 0 Å². The number of aliphatic carboxylic acids is 1. The van der Waals surface area contributed by atoms with Crippen molar-refractivity contribution in [3.63, 3.8) is 0 Å². The van der Waals surface area contributed by atoms with Gasteiger partial charge in [-0.15, -0.1) is 4.40 Å². The predicted octanol–water partition coefficient (Wildman–Crippen LogP) is 2.01. The highest BCUT2D eigenvalue weighted by Crippen LogP contribution is 2.54. The molecule has 0 atom stereocenters. The van der Waals surface area contributed by atoms with Gasteiger partial charge < -0.3 is 10.4 Å². The number of carbonyl (C=O) groups is 1. The topological polar surface area (TPSA) is 102 Å². The van der Waals surface area contributed by atoms with Crippen molar-refractivity contribution in [1.29, 1.82) is 0 Å². The van der Waals surface area contributed by atoms with Crippen LogP contribution < -0.4 is 5.32 Å². The zero-order valence-corrected chi connectivity index (χ0v) is 8.94. The molecule has 0 radical (unpaired) electrons. The lowest BCUT2D eigenvalue weighted by molar-refractivity contribution is -0.135. The Bertz CT molecular complexity index is 472. The molecule has 16 heavy (non-hydrogen) atoms. The zero-order chi connectivity index (χ0) is 11.8. The Kier molecular flexibility index (Phi) is 2.58. The summed E-state index contributed by atoms with van der Waals surface area (Å²) in [5, 5.41) is 11.4. The van der Waals surface area contributed by atoms with Crippen molar-refractivity contribution >= 4 is 28.3 Å². The number of rotatable bonds is 2. The number of hydrogen-bond acceptors (Lipinski definition) is 5. The van der Waals surface area contributed by atoms with Gasteiger partial charge in [-0.05, 0) is 12.1 Å². The van der Waals surface area contributed by atoms with E-state index in [0.29, 0.717) is 5.69 Å². The highest BCUT2D eigenvalue weighted by Gasteiger charge is 2.25. The van der Waals surface area contributed by atoms with Crippen molar-refractivity contribution in [2.45, 2.75) is 11.3 Å². The standard InChI is InChI=1S/C9H10N2O4S/c12-9(13)5-8-10-6-3-1-2-4-7(6)16(14,15)11-8/h1-4,14-15H,5H2,(H,10,11)(H,12,13). The van der Waals surface area contributed by atoms with Gasteiger partial charge in [0.15, 0.2) is 0 Å². The number of carboxylic acid groups (broad SMARTS) is 1. The van der Waals surface area contributed by atoms with Crippen molar-refractivity contribution < 1.29 is 19.0 Å². The first-order valence-electron chi connectivity index (χ1n) is 4.44. The highest BCUT2D eigenvalue weighted by molar-refractivity contribution is 8.23. The van der Waals surface area contributed by atoms with Crippen LogP contribution in [0, 0.1) is 0 Å². The summed E-state index contributed by atoms with van der Waals surface area (Å²) in [7, 11) is -3.27. The second-order valence-corrected chi connectivity index (χ2v) is 4.91. The normalized spacial score (nSPS) is 19.0. The van der Waals surface area contributed by atoms with Crippen LogP contribution in [-0.4, -0.2) is 26.0 Å². The Morgan fingerprint density at radius 2 is 2.06 bits per heavy atom. The third kappa shape index (κ3) is 2.01. The van der Waals surface area contributed by atoms with E-state index in [9.17, 15) is 13.9 Å². The fourth-order valence-corrected chi connectivity index (χ4v) is 2.60. The molecule has 0 spiro atoms. The minimum atomic E-state index is -3.27. The van der Waals surface area contributed by atoms with Gasteiger partial charge in [0, 0.05) is 0 Å². The molecule has 1 aliphatic heterocycles. The molecular weight excluding hydrogens is 232 g/mol. The van der Waals surface area contributed by atoms with Gasteiger partial charge in [0.1, 0.15) is 17.2 Å². The van der Waals surface area contributed by atoms with E-state index in [0.717, 1.165) is 0 Å². The molecule has 0 unspecified atom stereocenters. The number of nitrogens with one attached hydrogen (secondary N) is 1. The molecule has 0 amide bonds. The number of benzene rings is 1. The maximum absolute atomic E-state index is 10.5. The van der Waals surface area contributed by atoms with Crippen LogP contribution in [0.3, 0.4) is 0 Å². The van der Waals surface area contributed by atoms with Crippen molar-refractivity contribution in [3.05, 3.63) is 24.3 Å². The van der Waals surface area contributed by atoms with Crippen molar-refractivity contribution in [2.75, 3.05) is 5.32 Å². The quantitative estimate of drug-likeness (QED) is 0.635. The molecular formula is C9H10N2O4S. The first kappa shape index (κ1) is 10.9. The number of fused-ring (bicyclic) bond motifs is 1. The largest absolute Gasteiger partial charge is 0.481 e. The molecule has 0 saturated heterocycles. The molecule has 2 rings (SSSR count). The average molecular weight is 242 g/mol. The maximum Gasteiger partial charge on any atom is 0.311 e. The number of carboxylic acids is 1. The van der Waals surface area contributed by atoms with Gasteiger partial charge in [0.2, 0.25) is 0 Å². The predicted molar refractivity (Wildman–Crippen MR) is 60.9 cm³/mol. The fourth-order valence-electron chi connectivity index (χ4n) is 1.41. The third-order valence-electron chi connectivity index (χ3n) is 2.02. The van der Waals surface area contributed by atoms with Gasteiger partial charge in [0.25, 0.3) is 0 Å². The Hall–Kier alpha value is -1.57. The molecule has 1 aromatic carbocycles. The van der Waals surface area contributed by atoms with E-state index < -0.39 is 16.7 Å². The summed E-state index contributed by atoms with van der Waals surface area (Å²) in [6.45, 7) is 0. The van der Waals surface area contributed by atoms with Crippen molar-refractivity contribution in [1.82, 2.24) is 0 Å². The zero-order valence-electron chi connectivity index (χ0n) is 8.12. The minimum absolute atomic E-state index is 0.0474. The van der Waals surface area contributed by atoms with Crippen LogP contribution in [0.15, 0.2) is 33.6 Å². The van der Waals surface area contributed by atoms with E-state index >= 15 is 0 Å². The van der Waals surface area contributed by atoms with Gasteiger partial charge in [-0.3, -0.25) is 13.9 Å². The van der Waals surface area contributed by atoms with Crippen LogP contribution in [0.4, 0.5) is 5.69 Å². The lowest BCUT2D eigenvalue weighted by atomic mass is 10.3. The molecule has 1 heterocycles. The van der Waals surface area contributed by atoms with Gasteiger partial charge in [-0.2, -0.15) is 0 Å². The molecule has 1 aromatic rings. The first-order valence-corrected chi connectivity index (χ1v) is 5.94. The molecule has 6 nitrogen and oxygen atoms in total. The molecule has 0 aromatic heterocycles. The SMILES string of the molecule is O=C(O)CC1=NS(O)(O)c2ccccc2N1. The molecule has 86 valence electrons. The van der Waals surface area contributed by atoms with Crippen molar-refractivity contribution in [3.8, 4) is 0 Å². The summed E-state index contributed by atoms with van der Waals surface area (Å²) < 4.78 is 23.1. The summed E-state index contributed by atoms with van der Waals surface area (Å²) in [6.07, 6.45) is -0.371. The molecule has 0 aliphatic carbocycles. The Balaban J connectivity index is 2.39. The third-order valence-corrected chi connectivity index (χ3v) is 3.44. The van der Waals surface area contributed by atoms with Crippen molar-refractivity contribution in [2.24, 2.45) is 4.40 Å². The fraction of sp³-hybridized carbons (Fsp3) is 0.111. The lowest BCUT2D eigenvalue weighted by Gasteiger charge is -2.33. The molecule has 0 saturated carbocycles. The van der Waals surface area contributed by atoms with Crippen LogP contribution in [0.1, 0.15) is 6.42 Å².